The van der Waals surface area contributed by atoms with E-state index in [-0.39, 0.29) is 11.6 Å². The molecule has 0 spiro atoms. The molecular weight excluding hydrogens is 320 g/mol. The lowest BCUT2D eigenvalue weighted by Gasteiger charge is -2.25. The second-order valence-electron chi connectivity index (χ2n) is 6.08. The number of rotatable bonds is 4. The maximum absolute atomic E-state index is 12.4. The second-order valence-corrected chi connectivity index (χ2v) is 6.08. The standard InChI is InChI=1S/C18H20N4O3/c1-3-12-5-7-13(8-6-12)20-21-15-9-4-11(2)22-16(15)19-10-14(17(22)23)18(24)25/h5-8,10-11,20H,3-4,9H2,1-2H3,(H,24,25). The van der Waals surface area contributed by atoms with Crippen molar-refractivity contribution in [2.24, 2.45) is 5.10 Å². The highest BCUT2D eigenvalue weighted by Crippen LogP contribution is 2.22. The van der Waals surface area contributed by atoms with Gasteiger partial charge in [0.1, 0.15) is 11.3 Å². The van der Waals surface area contributed by atoms with Gasteiger partial charge in [0, 0.05) is 12.2 Å². The highest BCUT2D eigenvalue weighted by atomic mass is 16.4. The van der Waals surface area contributed by atoms with Crippen molar-refractivity contribution in [2.75, 3.05) is 5.43 Å². The molecule has 7 nitrogen and oxygen atoms in total. The molecule has 0 saturated carbocycles. The number of hydrogen-bond acceptors (Lipinski definition) is 5. The summed E-state index contributed by atoms with van der Waals surface area (Å²) in [6.07, 6.45) is 3.45. The summed E-state index contributed by atoms with van der Waals surface area (Å²) < 4.78 is 1.42. The average Bonchev–Trinajstić information content (AvgIpc) is 2.61. The number of carbonyl (C=O) groups is 1. The summed E-state index contributed by atoms with van der Waals surface area (Å²) >= 11 is 0. The molecule has 1 atom stereocenters. The molecule has 2 heterocycles. The Bertz CT molecular complexity index is 884. The van der Waals surface area contributed by atoms with E-state index in [1.807, 2.05) is 31.2 Å². The van der Waals surface area contributed by atoms with Crippen LogP contribution in [0.2, 0.25) is 0 Å². The van der Waals surface area contributed by atoms with Gasteiger partial charge in [-0.05, 0) is 43.9 Å². The molecule has 25 heavy (non-hydrogen) atoms. The fraction of sp³-hybridized carbons (Fsp3) is 0.333. The number of hydrazone groups is 1. The first-order valence-corrected chi connectivity index (χ1v) is 8.28. The molecule has 0 saturated heterocycles. The molecule has 1 unspecified atom stereocenters. The van der Waals surface area contributed by atoms with Crippen molar-refractivity contribution < 1.29 is 9.90 Å². The Hall–Kier alpha value is -2.96. The molecule has 7 heteroatoms. The zero-order chi connectivity index (χ0) is 18.0. The number of fused-ring (bicyclic) bond motifs is 1. The zero-order valence-electron chi connectivity index (χ0n) is 14.2. The lowest BCUT2D eigenvalue weighted by molar-refractivity contribution is 0.0693. The molecule has 2 aromatic rings. The van der Waals surface area contributed by atoms with E-state index in [4.69, 9.17) is 5.11 Å². The molecule has 0 aliphatic carbocycles. The highest BCUT2D eigenvalue weighted by Gasteiger charge is 2.26. The normalized spacial score (nSPS) is 18.0. The molecule has 0 radical (unpaired) electrons. The third kappa shape index (κ3) is 3.31. The number of carboxylic acid groups (broad SMARTS) is 1. The quantitative estimate of drug-likeness (QED) is 0.834. The SMILES string of the molecule is CCc1ccc(NN=C2CCC(C)n3c2ncc(C(=O)O)c3=O)cc1. The third-order valence-corrected chi connectivity index (χ3v) is 4.40. The van der Waals surface area contributed by atoms with E-state index in [1.54, 1.807) is 0 Å². The van der Waals surface area contributed by atoms with E-state index in [0.717, 1.165) is 18.3 Å². The molecule has 0 bridgehead atoms. The first-order valence-electron chi connectivity index (χ1n) is 8.28. The van der Waals surface area contributed by atoms with Crippen LogP contribution in [-0.2, 0) is 6.42 Å². The number of aromatic nitrogens is 2. The fourth-order valence-electron chi connectivity index (χ4n) is 2.88. The molecule has 1 aromatic heterocycles. The minimum Gasteiger partial charge on any atom is -0.477 e. The van der Waals surface area contributed by atoms with E-state index in [9.17, 15) is 9.59 Å². The first-order chi connectivity index (χ1) is 12.0. The molecule has 3 rings (SSSR count). The number of carboxylic acids is 1. The zero-order valence-corrected chi connectivity index (χ0v) is 14.2. The van der Waals surface area contributed by atoms with Crippen LogP contribution in [0.1, 0.15) is 54.5 Å². The van der Waals surface area contributed by atoms with Crippen molar-refractivity contribution in [3.8, 4) is 0 Å². The number of hydrogen-bond donors (Lipinski definition) is 2. The molecule has 0 amide bonds. The van der Waals surface area contributed by atoms with Crippen molar-refractivity contribution in [2.45, 2.75) is 39.2 Å². The lowest BCUT2D eigenvalue weighted by atomic mass is 10.0. The molecule has 1 aliphatic rings. The Balaban J connectivity index is 1.94. The van der Waals surface area contributed by atoms with Gasteiger partial charge >= 0.3 is 5.97 Å². The molecule has 1 aliphatic heterocycles. The van der Waals surface area contributed by atoms with Gasteiger partial charge in [0.25, 0.3) is 5.56 Å². The minimum atomic E-state index is -1.27. The Labute approximate surface area is 145 Å². The third-order valence-electron chi connectivity index (χ3n) is 4.40. The van der Waals surface area contributed by atoms with Crippen molar-refractivity contribution >= 4 is 17.4 Å². The summed E-state index contributed by atoms with van der Waals surface area (Å²) in [6, 6.07) is 7.84. The monoisotopic (exact) mass is 340 g/mol. The fourth-order valence-corrected chi connectivity index (χ4v) is 2.88. The van der Waals surface area contributed by atoms with Gasteiger partial charge < -0.3 is 5.11 Å². The van der Waals surface area contributed by atoms with Crippen LogP contribution in [0.5, 0.6) is 0 Å². The Kier molecular flexibility index (Phi) is 4.65. The largest absolute Gasteiger partial charge is 0.477 e. The highest BCUT2D eigenvalue weighted by molar-refractivity contribution is 5.99. The smallest absolute Gasteiger partial charge is 0.342 e. The van der Waals surface area contributed by atoms with Gasteiger partial charge in [-0.1, -0.05) is 19.1 Å². The van der Waals surface area contributed by atoms with Crippen molar-refractivity contribution in [1.29, 1.82) is 0 Å². The van der Waals surface area contributed by atoms with Gasteiger partial charge in [-0.3, -0.25) is 14.8 Å². The van der Waals surface area contributed by atoms with Gasteiger partial charge in [0.15, 0.2) is 5.82 Å². The van der Waals surface area contributed by atoms with Gasteiger partial charge in [0.05, 0.1) is 5.69 Å². The predicted molar refractivity (Wildman–Crippen MR) is 95.4 cm³/mol. The van der Waals surface area contributed by atoms with E-state index < -0.39 is 11.5 Å². The van der Waals surface area contributed by atoms with Crippen molar-refractivity contribution in [3.63, 3.8) is 0 Å². The molecule has 0 fully saturated rings. The van der Waals surface area contributed by atoms with Crippen molar-refractivity contribution in [1.82, 2.24) is 9.55 Å². The van der Waals surface area contributed by atoms with Crippen molar-refractivity contribution in [3.05, 3.63) is 57.8 Å². The summed E-state index contributed by atoms with van der Waals surface area (Å²) in [6.45, 7) is 3.98. The number of aryl methyl sites for hydroxylation is 1. The summed E-state index contributed by atoms with van der Waals surface area (Å²) in [5, 5.41) is 13.5. The van der Waals surface area contributed by atoms with E-state index in [0.29, 0.717) is 24.4 Å². The van der Waals surface area contributed by atoms with Crippen LogP contribution in [0.3, 0.4) is 0 Å². The van der Waals surface area contributed by atoms with E-state index >= 15 is 0 Å². The van der Waals surface area contributed by atoms with E-state index in [1.165, 1.54) is 10.1 Å². The van der Waals surface area contributed by atoms with Crippen LogP contribution < -0.4 is 11.0 Å². The second kappa shape index (κ2) is 6.88. The maximum atomic E-state index is 12.4. The van der Waals surface area contributed by atoms with Crippen LogP contribution in [0.25, 0.3) is 0 Å². The summed E-state index contributed by atoms with van der Waals surface area (Å²) in [5.41, 5.74) is 4.87. The number of aromatic carboxylic acids is 1. The average molecular weight is 340 g/mol. The van der Waals surface area contributed by atoms with Crippen LogP contribution >= 0.6 is 0 Å². The topological polar surface area (TPSA) is 96.6 Å². The van der Waals surface area contributed by atoms with Crippen LogP contribution in [0, 0.1) is 0 Å². The lowest BCUT2D eigenvalue weighted by Crippen LogP contribution is -2.37. The Morgan fingerprint density at radius 2 is 2.12 bits per heavy atom. The molecule has 2 N–H and O–H groups in total. The van der Waals surface area contributed by atoms with Gasteiger partial charge in [-0.2, -0.15) is 5.10 Å². The maximum Gasteiger partial charge on any atom is 0.342 e. The number of benzene rings is 1. The minimum absolute atomic E-state index is 0.114. The number of nitrogens with one attached hydrogen (secondary N) is 1. The predicted octanol–water partition coefficient (Wildman–Crippen LogP) is 2.67. The van der Waals surface area contributed by atoms with E-state index in [2.05, 4.69) is 22.4 Å². The summed E-state index contributed by atoms with van der Waals surface area (Å²) in [5.74, 6) is -0.843. The number of nitrogens with zero attached hydrogens (tertiary/aromatic N) is 3. The van der Waals surface area contributed by atoms with Gasteiger partial charge in [0.2, 0.25) is 0 Å². The molecular formula is C18H20N4O3. The van der Waals surface area contributed by atoms with Crippen LogP contribution in [-0.4, -0.2) is 26.3 Å². The first kappa shape index (κ1) is 16.9. The summed E-state index contributed by atoms with van der Waals surface area (Å²) in [4.78, 5) is 27.8. The van der Waals surface area contributed by atoms with Gasteiger partial charge in [-0.15, -0.1) is 0 Å². The number of anilines is 1. The van der Waals surface area contributed by atoms with Crippen LogP contribution in [0.15, 0.2) is 40.4 Å². The van der Waals surface area contributed by atoms with Gasteiger partial charge in [-0.25, -0.2) is 9.78 Å². The molecule has 130 valence electrons. The molecule has 1 aromatic carbocycles. The Morgan fingerprint density at radius 1 is 1.40 bits per heavy atom. The van der Waals surface area contributed by atoms with Crippen LogP contribution in [0.4, 0.5) is 5.69 Å². The Morgan fingerprint density at radius 3 is 2.76 bits per heavy atom. The summed E-state index contributed by atoms with van der Waals surface area (Å²) in [7, 11) is 0.